The third-order valence-corrected chi connectivity index (χ3v) is 5.58. The number of H-pyrrole nitrogens is 1. The van der Waals surface area contributed by atoms with Gasteiger partial charge in [0.25, 0.3) is 0 Å². The lowest BCUT2D eigenvalue weighted by molar-refractivity contribution is -0.137. The second kappa shape index (κ2) is 6.81. The molecular formula is C19H23ClN4O. The van der Waals surface area contributed by atoms with E-state index in [0.717, 1.165) is 61.4 Å². The van der Waals surface area contributed by atoms with Gasteiger partial charge in [0.2, 0.25) is 5.91 Å². The highest BCUT2D eigenvalue weighted by Crippen LogP contribution is 2.28. The lowest BCUT2D eigenvalue weighted by Gasteiger charge is -2.33. The standard InChI is InChI=1S/C19H23ClN4O/c20-14-6-4-12(5-7-14)18-22-16-8-9-24(11-17(16)23-18)19(25)13-2-1-3-15(21)10-13/h4-7,13,15H,1-3,8-11,21H2,(H,22,23)/t13-,15+/m1/s1. The van der Waals surface area contributed by atoms with Crippen LogP contribution in [0.4, 0.5) is 0 Å². The summed E-state index contributed by atoms with van der Waals surface area (Å²) >= 11 is 5.95. The van der Waals surface area contributed by atoms with Crippen molar-refractivity contribution in [2.75, 3.05) is 6.54 Å². The quantitative estimate of drug-likeness (QED) is 0.866. The van der Waals surface area contributed by atoms with Gasteiger partial charge in [-0.2, -0.15) is 0 Å². The van der Waals surface area contributed by atoms with Crippen LogP contribution in [0.15, 0.2) is 24.3 Å². The van der Waals surface area contributed by atoms with Gasteiger partial charge in [0.15, 0.2) is 0 Å². The Balaban J connectivity index is 1.49. The summed E-state index contributed by atoms with van der Waals surface area (Å²) in [6.07, 6.45) is 4.68. The molecule has 2 atom stereocenters. The maximum atomic E-state index is 12.8. The van der Waals surface area contributed by atoms with Gasteiger partial charge >= 0.3 is 0 Å². The van der Waals surface area contributed by atoms with Crippen molar-refractivity contribution in [3.05, 3.63) is 40.7 Å². The number of nitrogens with zero attached hydrogens (tertiary/aromatic N) is 2. The third-order valence-electron chi connectivity index (χ3n) is 5.33. The lowest BCUT2D eigenvalue weighted by Crippen LogP contribution is -2.43. The Kier molecular flexibility index (Phi) is 4.52. The second-order valence-electron chi connectivity index (χ2n) is 7.15. The van der Waals surface area contributed by atoms with Crippen LogP contribution in [0, 0.1) is 5.92 Å². The predicted molar refractivity (Wildman–Crippen MR) is 98.1 cm³/mol. The summed E-state index contributed by atoms with van der Waals surface area (Å²) in [6, 6.07) is 7.81. The molecule has 1 aliphatic carbocycles. The molecule has 3 N–H and O–H groups in total. The summed E-state index contributed by atoms with van der Waals surface area (Å²) in [5, 5.41) is 0.711. The molecule has 132 valence electrons. The summed E-state index contributed by atoms with van der Waals surface area (Å²) in [5.74, 6) is 1.18. The minimum atomic E-state index is 0.0870. The SMILES string of the molecule is N[C@H]1CCC[C@@H](C(=O)N2CCc3nc(-c4ccc(Cl)cc4)[nH]c3C2)C1. The van der Waals surface area contributed by atoms with Gasteiger partial charge in [0.05, 0.1) is 17.9 Å². The molecule has 0 radical (unpaired) electrons. The average Bonchev–Trinajstić information content (AvgIpc) is 3.05. The molecule has 1 aliphatic heterocycles. The van der Waals surface area contributed by atoms with Gasteiger partial charge in [-0.1, -0.05) is 18.0 Å². The van der Waals surface area contributed by atoms with E-state index in [1.807, 2.05) is 29.2 Å². The lowest BCUT2D eigenvalue weighted by atomic mass is 9.85. The van der Waals surface area contributed by atoms with Crippen molar-refractivity contribution in [2.24, 2.45) is 11.7 Å². The first-order valence-electron chi connectivity index (χ1n) is 8.98. The number of aromatic amines is 1. The van der Waals surface area contributed by atoms with Crippen molar-refractivity contribution < 1.29 is 4.79 Å². The van der Waals surface area contributed by atoms with Gasteiger partial charge < -0.3 is 15.6 Å². The van der Waals surface area contributed by atoms with Crippen molar-refractivity contribution in [2.45, 2.75) is 44.7 Å². The summed E-state index contributed by atoms with van der Waals surface area (Å²) < 4.78 is 0. The molecule has 0 unspecified atom stereocenters. The van der Waals surface area contributed by atoms with Gasteiger partial charge in [0, 0.05) is 35.5 Å². The normalized spacial score (nSPS) is 23.4. The Morgan fingerprint density at radius 2 is 2.08 bits per heavy atom. The number of nitrogens with one attached hydrogen (secondary N) is 1. The van der Waals surface area contributed by atoms with Crippen LogP contribution in [-0.4, -0.2) is 33.4 Å². The number of halogens is 1. The summed E-state index contributed by atoms with van der Waals surface area (Å²) in [6.45, 7) is 1.35. The number of carbonyl (C=O) groups is 1. The van der Waals surface area contributed by atoms with Gasteiger partial charge in [-0.05, 0) is 43.5 Å². The Hall–Kier alpha value is -1.85. The van der Waals surface area contributed by atoms with Crippen LogP contribution < -0.4 is 5.73 Å². The number of rotatable bonds is 2. The molecule has 25 heavy (non-hydrogen) atoms. The van der Waals surface area contributed by atoms with Crippen LogP contribution in [0.2, 0.25) is 5.02 Å². The van der Waals surface area contributed by atoms with Crippen molar-refractivity contribution in [1.82, 2.24) is 14.9 Å². The number of hydrogen-bond donors (Lipinski definition) is 2. The zero-order chi connectivity index (χ0) is 17.4. The van der Waals surface area contributed by atoms with Crippen LogP contribution >= 0.6 is 11.6 Å². The van der Waals surface area contributed by atoms with E-state index in [9.17, 15) is 4.79 Å². The highest BCUT2D eigenvalue weighted by molar-refractivity contribution is 6.30. The molecule has 4 rings (SSSR count). The minimum absolute atomic E-state index is 0.0870. The number of aromatic nitrogens is 2. The molecule has 0 bridgehead atoms. The van der Waals surface area contributed by atoms with Crippen molar-refractivity contribution >= 4 is 17.5 Å². The molecule has 0 saturated heterocycles. The second-order valence-corrected chi connectivity index (χ2v) is 7.59. The van der Waals surface area contributed by atoms with Crippen molar-refractivity contribution in [3.63, 3.8) is 0 Å². The molecule has 2 heterocycles. The molecular weight excluding hydrogens is 336 g/mol. The number of fused-ring (bicyclic) bond motifs is 1. The molecule has 2 aliphatic rings. The number of amides is 1. The van der Waals surface area contributed by atoms with Gasteiger partial charge in [-0.3, -0.25) is 4.79 Å². The van der Waals surface area contributed by atoms with E-state index < -0.39 is 0 Å². The zero-order valence-electron chi connectivity index (χ0n) is 14.2. The highest BCUT2D eigenvalue weighted by Gasteiger charge is 2.31. The van der Waals surface area contributed by atoms with E-state index in [2.05, 4.69) is 4.98 Å². The fourth-order valence-electron chi connectivity index (χ4n) is 3.94. The van der Waals surface area contributed by atoms with Crippen LogP contribution in [-0.2, 0) is 17.8 Å². The van der Waals surface area contributed by atoms with E-state index in [1.54, 1.807) is 0 Å². The van der Waals surface area contributed by atoms with Crippen LogP contribution in [0.5, 0.6) is 0 Å². The first-order chi connectivity index (χ1) is 12.1. The van der Waals surface area contributed by atoms with Gasteiger partial charge in [-0.25, -0.2) is 4.98 Å². The van der Waals surface area contributed by atoms with E-state index >= 15 is 0 Å². The number of benzene rings is 1. The third kappa shape index (κ3) is 3.44. The molecule has 1 aromatic carbocycles. The topological polar surface area (TPSA) is 75.0 Å². The maximum absolute atomic E-state index is 12.8. The van der Waals surface area contributed by atoms with Crippen LogP contribution in [0.1, 0.15) is 37.1 Å². The Morgan fingerprint density at radius 1 is 1.28 bits per heavy atom. The molecule has 1 saturated carbocycles. The van der Waals surface area contributed by atoms with E-state index in [0.29, 0.717) is 11.6 Å². The van der Waals surface area contributed by atoms with Gasteiger partial charge in [-0.15, -0.1) is 0 Å². The molecule has 2 aromatic rings. The molecule has 1 fully saturated rings. The Morgan fingerprint density at radius 3 is 2.84 bits per heavy atom. The van der Waals surface area contributed by atoms with Crippen molar-refractivity contribution in [3.8, 4) is 11.4 Å². The van der Waals surface area contributed by atoms with Gasteiger partial charge in [0.1, 0.15) is 5.82 Å². The number of carbonyl (C=O) groups excluding carboxylic acids is 1. The summed E-state index contributed by atoms with van der Waals surface area (Å²) in [7, 11) is 0. The smallest absolute Gasteiger partial charge is 0.226 e. The predicted octanol–water partition coefficient (Wildman–Crippen LogP) is 3.13. The van der Waals surface area contributed by atoms with Crippen LogP contribution in [0.25, 0.3) is 11.4 Å². The molecule has 1 amide bonds. The molecule has 5 nitrogen and oxygen atoms in total. The van der Waals surface area contributed by atoms with Crippen molar-refractivity contribution in [1.29, 1.82) is 0 Å². The first-order valence-corrected chi connectivity index (χ1v) is 9.36. The molecule has 0 spiro atoms. The summed E-state index contributed by atoms with van der Waals surface area (Å²) in [5.41, 5.74) is 9.17. The minimum Gasteiger partial charge on any atom is -0.340 e. The monoisotopic (exact) mass is 358 g/mol. The fraction of sp³-hybridized carbons (Fsp3) is 0.474. The molecule has 6 heteroatoms. The summed E-state index contributed by atoms with van der Waals surface area (Å²) in [4.78, 5) is 22.9. The van der Waals surface area contributed by atoms with Crippen LogP contribution in [0.3, 0.4) is 0 Å². The number of hydrogen-bond acceptors (Lipinski definition) is 3. The van der Waals surface area contributed by atoms with E-state index in [4.69, 9.17) is 22.3 Å². The van der Waals surface area contributed by atoms with E-state index in [1.165, 1.54) is 0 Å². The zero-order valence-corrected chi connectivity index (χ0v) is 14.9. The average molecular weight is 359 g/mol. The Bertz CT molecular complexity index is 770. The number of imidazole rings is 1. The first kappa shape index (κ1) is 16.6. The maximum Gasteiger partial charge on any atom is 0.226 e. The van der Waals surface area contributed by atoms with E-state index in [-0.39, 0.29) is 17.9 Å². The largest absolute Gasteiger partial charge is 0.340 e. The fourth-order valence-corrected chi connectivity index (χ4v) is 4.06. The number of nitrogens with two attached hydrogens (primary N) is 1. The Labute approximate surface area is 152 Å². The molecule has 1 aromatic heterocycles. The highest BCUT2D eigenvalue weighted by atomic mass is 35.5.